The summed E-state index contributed by atoms with van der Waals surface area (Å²) >= 11 is 0. The highest BCUT2D eigenvalue weighted by atomic mass is 16.4. The molecule has 0 radical (unpaired) electrons. The smallest absolute Gasteiger partial charge is 0.331 e. The molecule has 0 aromatic heterocycles. The number of allylic oxidation sites excluding steroid dienone is 1. The lowest BCUT2D eigenvalue weighted by Crippen LogP contribution is -2.17. The minimum atomic E-state index is -0.775. The molecule has 100 valence electrons. The SMILES string of the molecule is CCCCCCCC/C=C(\C(=O)O)C(C)(C)C. The third-order valence-corrected chi connectivity index (χ3v) is 2.94. The van der Waals surface area contributed by atoms with E-state index in [2.05, 4.69) is 6.92 Å². The van der Waals surface area contributed by atoms with Gasteiger partial charge in [0.05, 0.1) is 0 Å². The van der Waals surface area contributed by atoms with E-state index in [1.807, 2.05) is 26.8 Å². The Morgan fingerprint density at radius 3 is 2.06 bits per heavy atom. The van der Waals surface area contributed by atoms with E-state index in [0.717, 1.165) is 12.8 Å². The maximum Gasteiger partial charge on any atom is 0.331 e. The van der Waals surface area contributed by atoms with Gasteiger partial charge in [-0.1, -0.05) is 65.9 Å². The van der Waals surface area contributed by atoms with Gasteiger partial charge in [0.2, 0.25) is 0 Å². The van der Waals surface area contributed by atoms with Crippen molar-refractivity contribution in [3.05, 3.63) is 11.6 Å². The number of rotatable bonds is 8. The molecular weight excluding hydrogens is 212 g/mol. The molecule has 2 heteroatoms. The van der Waals surface area contributed by atoms with Gasteiger partial charge in [0.15, 0.2) is 0 Å². The van der Waals surface area contributed by atoms with Crippen molar-refractivity contribution in [2.24, 2.45) is 5.41 Å². The Kier molecular flexibility index (Phi) is 7.94. The van der Waals surface area contributed by atoms with Gasteiger partial charge in [-0.15, -0.1) is 0 Å². The van der Waals surface area contributed by atoms with E-state index in [-0.39, 0.29) is 5.41 Å². The van der Waals surface area contributed by atoms with Crippen LogP contribution in [0.4, 0.5) is 0 Å². The monoisotopic (exact) mass is 240 g/mol. The zero-order valence-electron chi connectivity index (χ0n) is 11.9. The van der Waals surface area contributed by atoms with E-state index in [1.165, 1.54) is 32.1 Å². The zero-order valence-corrected chi connectivity index (χ0v) is 11.9. The predicted molar refractivity (Wildman–Crippen MR) is 73.2 cm³/mol. The Balaban J connectivity index is 3.91. The zero-order chi connectivity index (χ0) is 13.3. The fraction of sp³-hybridized carbons (Fsp3) is 0.800. The van der Waals surface area contributed by atoms with Crippen LogP contribution in [0.25, 0.3) is 0 Å². The molecule has 0 spiro atoms. The Bertz CT molecular complexity index is 246. The molecule has 1 N–H and O–H groups in total. The van der Waals surface area contributed by atoms with E-state index >= 15 is 0 Å². The summed E-state index contributed by atoms with van der Waals surface area (Å²) in [5.41, 5.74) is 0.291. The molecule has 0 bridgehead atoms. The van der Waals surface area contributed by atoms with Gasteiger partial charge < -0.3 is 5.11 Å². The van der Waals surface area contributed by atoms with Crippen molar-refractivity contribution in [1.82, 2.24) is 0 Å². The van der Waals surface area contributed by atoms with Crippen LogP contribution in [0.5, 0.6) is 0 Å². The summed E-state index contributed by atoms with van der Waals surface area (Å²) in [5.74, 6) is -0.775. The van der Waals surface area contributed by atoms with Gasteiger partial charge in [0.25, 0.3) is 0 Å². The van der Waals surface area contributed by atoms with Crippen LogP contribution in [0.2, 0.25) is 0 Å². The number of carboxylic acid groups (broad SMARTS) is 1. The minimum absolute atomic E-state index is 0.256. The van der Waals surface area contributed by atoms with Crippen LogP contribution in [-0.2, 0) is 4.79 Å². The Labute approximate surface area is 106 Å². The van der Waals surface area contributed by atoms with Crippen molar-refractivity contribution in [2.45, 2.75) is 72.6 Å². The highest BCUT2D eigenvalue weighted by Gasteiger charge is 2.22. The van der Waals surface area contributed by atoms with Gasteiger partial charge in [-0.2, -0.15) is 0 Å². The Morgan fingerprint density at radius 2 is 1.59 bits per heavy atom. The maximum absolute atomic E-state index is 11.1. The van der Waals surface area contributed by atoms with Crippen LogP contribution >= 0.6 is 0 Å². The topological polar surface area (TPSA) is 37.3 Å². The quantitative estimate of drug-likeness (QED) is 0.489. The summed E-state index contributed by atoms with van der Waals surface area (Å²) in [5, 5.41) is 9.11. The molecular formula is C15H28O2. The van der Waals surface area contributed by atoms with E-state index in [0.29, 0.717) is 5.57 Å². The van der Waals surface area contributed by atoms with Gasteiger partial charge >= 0.3 is 5.97 Å². The van der Waals surface area contributed by atoms with E-state index in [4.69, 9.17) is 5.11 Å². The third kappa shape index (κ3) is 8.00. The fourth-order valence-corrected chi connectivity index (χ4v) is 1.89. The normalized spacial score (nSPS) is 12.8. The number of aliphatic carboxylic acids is 1. The molecule has 0 rings (SSSR count). The maximum atomic E-state index is 11.1. The van der Waals surface area contributed by atoms with Crippen LogP contribution in [0, 0.1) is 5.41 Å². The molecule has 0 heterocycles. The summed E-state index contributed by atoms with van der Waals surface area (Å²) in [7, 11) is 0. The standard InChI is InChI=1S/C15H28O2/c1-5-6-7-8-9-10-11-12-13(14(16)17)15(2,3)4/h12H,5-11H2,1-4H3,(H,16,17)/b13-12+. The Morgan fingerprint density at radius 1 is 1.06 bits per heavy atom. The number of hydrogen-bond donors (Lipinski definition) is 1. The lowest BCUT2D eigenvalue weighted by Gasteiger charge is -2.19. The first-order chi connectivity index (χ1) is 7.89. The Hall–Kier alpha value is -0.790. The number of hydrogen-bond acceptors (Lipinski definition) is 1. The molecule has 2 nitrogen and oxygen atoms in total. The van der Waals surface area contributed by atoms with E-state index < -0.39 is 5.97 Å². The molecule has 0 aliphatic heterocycles. The van der Waals surface area contributed by atoms with Gasteiger partial charge in [-0.25, -0.2) is 4.79 Å². The first kappa shape index (κ1) is 16.2. The fourth-order valence-electron chi connectivity index (χ4n) is 1.89. The lowest BCUT2D eigenvalue weighted by molar-refractivity contribution is -0.133. The summed E-state index contributed by atoms with van der Waals surface area (Å²) in [6, 6.07) is 0. The van der Waals surface area contributed by atoms with Crippen molar-refractivity contribution >= 4 is 5.97 Å². The van der Waals surface area contributed by atoms with Gasteiger partial charge in [-0.3, -0.25) is 0 Å². The predicted octanol–water partition coefficient (Wildman–Crippen LogP) is 4.79. The van der Waals surface area contributed by atoms with Crippen LogP contribution in [-0.4, -0.2) is 11.1 Å². The van der Waals surface area contributed by atoms with Crippen molar-refractivity contribution in [1.29, 1.82) is 0 Å². The third-order valence-electron chi connectivity index (χ3n) is 2.94. The largest absolute Gasteiger partial charge is 0.478 e. The van der Waals surface area contributed by atoms with Crippen LogP contribution in [0.3, 0.4) is 0 Å². The van der Waals surface area contributed by atoms with Crippen LogP contribution in [0.15, 0.2) is 11.6 Å². The molecule has 0 aromatic carbocycles. The van der Waals surface area contributed by atoms with Crippen molar-refractivity contribution in [2.75, 3.05) is 0 Å². The van der Waals surface area contributed by atoms with E-state index in [9.17, 15) is 4.79 Å². The first-order valence-corrected chi connectivity index (χ1v) is 6.83. The number of carbonyl (C=O) groups is 1. The second-order valence-corrected chi connectivity index (χ2v) is 5.73. The molecule has 0 saturated carbocycles. The summed E-state index contributed by atoms with van der Waals surface area (Å²) < 4.78 is 0. The molecule has 0 aromatic rings. The van der Waals surface area contributed by atoms with Crippen LogP contribution in [0.1, 0.15) is 72.6 Å². The lowest BCUT2D eigenvalue weighted by atomic mass is 9.85. The summed E-state index contributed by atoms with van der Waals surface area (Å²) in [4.78, 5) is 11.1. The first-order valence-electron chi connectivity index (χ1n) is 6.83. The second-order valence-electron chi connectivity index (χ2n) is 5.73. The van der Waals surface area contributed by atoms with Gasteiger partial charge in [-0.05, 0) is 18.3 Å². The molecule has 17 heavy (non-hydrogen) atoms. The van der Waals surface area contributed by atoms with Crippen molar-refractivity contribution in [3.8, 4) is 0 Å². The number of unbranched alkanes of at least 4 members (excludes halogenated alkanes) is 6. The molecule has 0 saturated heterocycles. The average Bonchev–Trinajstić information content (AvgIpc) is 2.19. The second kappa shape index (κ2) is 8.32. The molecule has 0 aliphatic carbocycles. The van der Waals surface area contributed by atoms with E-state index in [1.54, 1.807) is 0 Å². The average molecular weight is 240 g/mol. The summed E-state index contributed by atoms with van der Waals surface area (Å²) in [6.45, 7) is 8.07. The summed E-state index contributed by atoms with van der Waals surface area (Å²) in [6.07, 6.45) is 10.3. The van der Waals surface area contributed by atoms with Crippen LogP contribution < -0.4 is 0 Å². The molecule has 0 aliphatic rings. The molecule has 0 amide bonds. The molecule has 0 fully saturated rings. The number of carboxylic acids is 1. The highest BCUT2D eigenvalue weighted by Crippen LogP contribution is 2.26. The van der Waals surface area contributed by atoms with Gasteiger partial charge in [0.1, 0.15) is 0 Å². The minimum Gasteiger partial charge on any atom is -0.478 e. The van der Waals surface area contributed by atoms with Gasteiger partial charge in [0, 0.05) is 5.57 Å². The van der Waals surface area contributed by atoms with Crippen molar-refractivity contribution < 1.29 is 9.90 Å². The molecule has 0 atom stereocenters. The molecule has 0 unspecified atom stereocenters. The highest BCUT2D eigenvalue weighted by molar-refractivity contribution is 5.87. The van der Waals surface area contributed by atoms with Crippen molar-refractivity contribution in [3.63, 3.8) is 0 Å².